The summed E-state index contributed by atoms with van der Waals surface area (Å²) >= 11 is 0. The normalized spacial score (nSPS) is 25.2. The highest BCUT2D eigenvalue weighted by Gasteiger charge is 2.35. The summed E-state index contributed by atoms with van der Waals surface area (Å²) in [6.45, 7) is 10.2. The van der Waals surface area contributed by atoms with E-state index in [-0.39, 0.29) is 0 Å². The average Bonchev–Trinajstić information content (AvgIpc) is 2.81. The molecule has 112 valence electrons. The Balaban J connectivity index is 2.21. The maximum Gasteiger partial charge on any atom is 0.0478 e. The summed E-state index contributed by atoms with van der Waals surface area (Å²) in [5.41, 5.74) is 1.45. The molecule has 0 saturated carbocycles. The van der Waals surface area contributed by atoms with Gasteiger partial charge in [-0.1, -0.05) is 51.1 Å². The van der Waals surface area contributed by atoms with Gasteiger partial charge >= 0.3 is 0 Å². The summed E-state index contributed by atoms with van der Waals surface area (Å²) in [7, 11) is 0. The molecule has 1 aliphatic heterocycles. The summed E-state index contributed by atoms with van der Waals surface area (Å²) in [5, 5.41) is 3.64. The third-order valence-corrected chi connectivity index (χ3v) is 4.58. The van der Waals surface area contributed by atoms with Crippen LogP contribution in [0.2, 0.25) is 0 Å². The molecule has 0 bridgehead atoms. The lowest BCUT2D eigenvalue weighted by atomic mass is 10.0. The van der Waals surface area contributed by atoms with E-state index in [0.29, 0.717) is 18.1 Å². The summed E-state index contributed by atoms with van der Waals surface area (Å²) < 4.78 is 0. The van der Waals surface area contributed by atoms with Crippen LogP contribution < -0.4 is 5.32 Å². The third-order valence-electron chi connectivity index (χ3n) is 4.58. The molecule has 0 aliphatic carbocycles. The van der Waals surface area contributed by atoms with Gasteiger partial charge in [0.1, 0.15) is 0 Å². The Hall–Kier alpha value is -0.860. The van der Waals surface area contributed by atoms with E-state index >= 15 is 0 Å². The van der Waals surface area contributed by atoms with Crippen LogP contribution in [0.25, 0.3) is 0 Å². The van der Waals surface area contributed by atoms with Crippen LogP contribution in [0.15, 0.2) is 30.3 Å². The number of hydrogen-bond donors (Lipinski definition) is 1. The molecular weight excluding hydrogens is 244 g/mol. The highest BCUT2D eigenvalue weighted by molar-refractivity contribution is 5.20. The summed E-state index contributed by atoms with van der Waals surface area (Å²) in [4.78, 5) is 2.75. The molecule has 2 nitrogen and oxygen atoms in total. The van der Waals surface area contributed by atoms with E-state index < -0.39 is 0 Å². The van der Waals surface area contributed by atoms with Gasteiger partial charge in [-0.05, 0) is 31.7 Å². The molecule has 1 fully saturated rings. The summed E-state index contributed by atoms with van der Waals surface area (Å²) in [5.74, 6) is 0. The Bertz CT molecular complexity index is 388. The Morgan fingerprint density at radius 3 is 2.50 bits per heavy atom. The molecule has 1 aromatic rings. The second kappa shape index (κ2) is 7.24. The highest BCUT2D eigenvalue weighted by atomic mass is 15.2. The van der Waals surface area contributed by atoms with Gasteiger partial charge in [0, 0.05) is 30.7 Å². The van der Waals surface area contributed by atoms with E-state index in [1.165, 1.54) is 24.8 Å². The molecule has 1 saturated heterocycles. The van der Waals surface area contributed by atoms with Crippen LogP contribution in [0.1, 0.15) is 58.6 Å². The van der Waals surface area contributed by atoms with Crippen molar-refractivity contribution in [3.05, 3.63) is 35.9 Å². The molecule has 1 heterocycles. The van der Waals surface area contributed by atoms with Crippen LogP contribution in [0.5, 0.6) is 0 Å². The van der Waals surface area contributed by atoms with Gasteiger partial charge in [0.2, 0.25) is 0 Å². The van der Waals surface area contributed by atoms with E-state index in [1.807, 2.05) is 0 Å². The molecule has 0 amide bonds. The fourth-order valence-electron chi connectivity index (χ4n) is 3.49. The first-order valence-corrected chi connectivity index (χ1v) is 8.19. The first kappa shape index (κ1) is 15.5. The van der Waals surface area contributed by atoms with E-state index in [4.69, 9.17) is 0 Å². The van der Waals surface area contributed by atoms with Crippen LogP contribution in [0.4, 0.5) is 0 Å². The molecule has 0 aromatic heterocycles. The zero-order valence-electron chi connectivity index (χ0n) is 13.5. The van der Waals surface area contributed by atoms with Crippen molar-refractivity contribution in [2.24, 2.45) is 0 Å². The first-order valence-electron chi connectivity index (χ1n) is 8.19. The third kappa shape index (κ3) is 3.62. The van der Waals surface area contributed by atoms with Crippen molar-refractivity contribution in [2.75, 3.05) is 6.54 Å². The molecule has 1 aliphatic rings. The van der Waals surface area contributed by atoms with Crippen LogP contribution in [-0.2, 0) is 0 Å². The van der Waals surface area contributed by atoms with Crippen LogP contribution in [0.3, 0.4) is 0 Å². The molecule has 3 atom stereocenters. The van der Waals surface area contributed by atoms with Gasteiger partial charge < -0.3 is 5.32 Å². The zero-order chi connectivity index (χ0) is 14.5. The number of benzene rings is 1. The fourth-order valence-corrected chi connectivity index (χ4v) is 3.49. The van der Waals surface area contributed by atoms with Crippen molar-refractivity contribution < 1.29 is 0 Å². The maximum absolute atomic E-state index is 3.64. The second-order valence-electron chi connectivity index (χ2n) is 6.43. The van der Waals surface area contributed by atoms with E-state index in [1.54, 1.807) is 0 Å². The van der Waals surface area contributed by atoms with Crippen molar-refractivity contribution >= 4 is 0 Å². The van der Waals surface area contributed by atoms with Gasteiger partial charge in [0.05, 0.1) is 0 Å². The van der Waals surface area contributed by atoms with Gasteiger partial charge in [-0.3, -0.25) is 4.90 Å². The van der Waals surface area contributed by atoms with Crippen molar-refractivity contribution in [1.82, 2.24) is 10.2 Å². The molecular formula is C18H30N2. The average molecular weight is 274 g/mol. The maximum atomic E-state index is 3.64. The predicted octanol–water partition coefficient (Wildman–Crippen LogP) is 3.99. The van der Waals surface area contributed by atoms with Crippen molar-refractivity contribution in [1.29, 1.82) is 0 Å². The van der Waals surface area contributed by atoms with E-state index in [9.17, 15) is 0 Å². The molecule has 3 unspecified atom stereocenters. The quantitative estimate of drug-likeness (QED) is 0.844. The standard InChI is InChI=1S/C18H30N2/c1-5-17-12-11-15(4)20(17)18(13-19-14(2)3)16-9-7-6-8-10-16/h6-10,14-15,17-19H,5,11-13H2,1-4H3. The molecule has 0 spiro atoms. The Kier molecular flexibility index (Phi) is 5.62. The van der Waals surface area contributed by atoms with Gasteiger partial charge in [0.25, 0.3) is 0 Å². The minimum atomic E-state index is 0.501. The topological polar surface area (TPSA) is 15.3 Å². The van der Waals surface area contributed by atoms with Gasteiger partial charge in [-0.15, -0.1) is 0 Å². The Labute approximate surface area is 124 Å². The fraction of sp³-hybridized carbons (Fsp3) is 0.667. The summed E-state index contributed by atoms with van der Waals surface area (Å²) in [6, 6.07) is 13.5. The molecule has 0 radical (unpaired) electrons. The minimum absolute atomic E-state index is 0.501. The number of nitrogens with one attached hydrogen (secondary N) is 1. The molecule has 2 heteroatoms. The SMILES string of the molecule is CCC1CCC(C)N1C(CNC(C)C)c1ccccc1. The zero-order valence-corrected chi connectivity index (χ0v) is 13.5. The van der Waals surface area contributed by atoms with Gasteiger partial charge in [-0.25, -0.2) is 0 Å². The number of likely N-dealkylation sites (tertiary alicyclic amines) is 1. The highest BCUT2D eigenvalue weighted by Crippen LogP contribution is 2.34. The summed E-state index contributed by atoms with van der Waals surface area (Å²) in [6.07, 6.45) is 3.95. The monoisotopic (exact) mass is 274 g/mol. The van der Waals surface area contributed by atoms with Crippen LogP contribution in [-0.4, -0.2) is 29.6 Å². The smallest absolute Gasteiger partial charge is 0.0478 e. The Morgan fingerprint density at radius 1 is 1.20 bits per heavy atom. The minimum Gasteiger partial charge on any atom is -0.313 e. The number of nitrogens with zero attached hydrogens (tertiary/aromatic N) is 1. The van der Waals surface area contributed by atoms with Gasteiger partial charge in [-0.2, -0.15) is 0 Å². The van der Waals surface area contributed by atoms with Crippen LogP contribution in [0, 0.1) is 0 Å². The predicted molar refractivity (Wildman–Crippen MR) is 86.9 cm³/mol. The largest absolute Gasteiger partial charge is 0.313 e. The lowest BCUT2D eigenvalue weighted by molar-refractivity contribution is 0.129. The lowest BCUT2D eigenvalue weighted by Crippen LogP contribution is -2.43. The van der Waals surface area contributed by atoms with Crippen molar-refractivity contribution in [3.8, 4) is 0 Å². The van der Waals surface area contributed by atoms with Gasteiger partial charge in [0.15, 0.2) is 0 Å². The lowest BCUT2D eigenvalue weighted by Gasteiger charge is -2.37. The van der Waals surface area contributed by atoms with Crippen molar-refractivity contribution in [3.63, 3.8) is 0 Å². The molecule has 20 heavy (non-hydrogen) atoms. The molecule has 1 aromatic carbocycles. The van der Waals surface area contributed by atoms with Crippen LogP contribution >= 0.6 is 0 Å². The number of rotatable bonds is 6. The Morgan fingerprint density at radius 2 is 1.90 bits per heavy atom. The number of hydrogen-bond acceptors (Lipinski definition) is 2. The van der Waals surface area contributed by atoms with E-state index in [0.717, 1.165) is 12.6 Å². The van der Waals surface area contributed by atoms with E-state index in [2.05, 4.69) is 68.2 Å². The first-order chi connectivity index (χ1) is 9.63. The second-order valence-corrected chi connectivity index (χ2v) is 6.43. The molecule has 2 rings (SSSR count). The van der Waals surface area contributed by atoms with Crippen molar-refractivity contribution in [2.45, 2.75) is 71.1 Å². The molecule has 1 N–H and O–H groups in total.